The Kier molecular flexibility index (Phi) is 4.48. The molecule has 1 N–H and O–H groups in total. The smallest absolute Gasteiger partial charge is 0.244 e. The van der Waals surface area contributed by atoms with E-state index in [0.717, 1.165) is 24.1 Å². The van der Waals surface area contributed by atoms with Gasteiger partial charge in [-0.15, -0.1) is 5.10 Å². The molecule has 0 atom stereocenters. The molecule has 3 rings (SSSR count). The summed E-state index contributed by atoms with van der Waals surface area (Å²) < 4.78 is 1.59. The Morgan fingerprint density at radius 1 is 1.32 bits per heavy atom. The van der Waals surface area contributed by atoms with Gasteiger partial charge in [0.05, 0.1) is 12.3 Å². The van der Waals surface area contributed by atoms with E-state index in [4.69, 9.17) is 0 Å². The van der Waals surface area contributed by atoms with Crippen molar-refractivity contribution >= 4 is 5.91 Å². The van der Waals surface area contributed by atoms with Crippen LogP contribution in [0.5, 0.6) is 0 Å². The minimum Gasteiger partial charge on any atom is -0.395 e. The molecule has 0 radical (unpaired) electrons. The van der Waals surface area contributed by atoms with Crippen LogP contribution in [-0.2, 0) is 17.9 Å². The van der Waals surface area contributed by atoms with Gasteiger partial charge in [0.1, 0.15) is 6.54 Å². The maximum Gasteiger partial charge on any atom is 0.244 e. The predicted octanol–water partition coefficient (Wildman–Crippen LogP) is 1.18. The summed E-state index contributed by atoms with van der Waals surface area (Å²) >= 11 is 0. The summed E-state index contributed by atoms with van der Waals surface area (Å²) in [6.07, 6.45) is 4.18. The van der Waals surface area contributed by atoms with E-state index in [-0.39, 0.29) is 19.1 Å². The maximum absolute atomic E-state index is 12.4. The molecule has 1 fully saturated rings. The number of amides is 1. The van der Waals surface area contributed by atoms with Crippen molar-refractivity contribution in [2.45, 2.75) is 31.8 Å². The number of carbonyl (C=O) groups excluding carboxylic acids is 1. The van der Waals surface area contributed by atoms with Gasteiger partial charge < -0.3 is 10.0 Å². The largest absolute Gasteiger partial charge is 0.395 e. The SMILES string of the molecule is O=C(Cn1cc(C2CC2)nn1)N(CCO)Cc1ccccc1. The first-order valence-corrected chi connectivity index (χ1v) is 7.59. The second-order valence-corrected chi connectivity index (χ2v) is 5.64. The number of hydrogen-bond donors (Lipinski definition) is 1. The van der Waals surface area contributed by atoms with Crippen molar-refractivity contribution in [2.24, 2.45) is 0 Å². The van der Waals surface area contributed by atoms with Gasteiger partial charge in [0.25, 0.3) is 0 Å². The predicted molar refractivity (Wildman–Crippen MR) is 80.9 cm³/mol. The van der Waals surface area contributed by atoms with Gasteiger partial charge in [-0.05, 0) is 18.4 Å². The molecule has 2 aromatic rings. The number of nitrogens with zero attached hydrogens (tertiary/aromatic N) is 4. The van der Waals surface area contributed by atoms with E-state index >= 15 is 0 Å². The molecule has 0 aliphatic heterocycles. The van der Waals surface area contributed by atoms with Gasteiger partial charge in [-0.25, -0.2) is 4.68 Å². The van der Waals surface area contributed by atoms with E-state index in [0.29, 0.717) is 19.0 Å². The van der Waals surface area contributed by atoms with Crippen LogP contribution in [0.1, 0.15) is 30.0 Å². The molecule has 0 bridgehead atoms. The van der Waals surface area contributed by atoms with Gasteiger partial charge in [-0.3, -0.25) is 4.79 Å². The highest BCUT2D eigenvalue weighted by atomic mass is 16.3. The van der Waals surface area contributed by atoms with Crippen LogP contribution in [-0.4, -0.2) is 44.1 Å². The molecule has 22 heavy (non-hydrogen) atoms. The summed E-state index contributed by atoms with van der Waals surface area (Å²) in [5.74, 6) is 0.465. The quantitative estimate of drug-likeness (QED) is 0.833. The Balaban J connectivity index is 1.63. The van der Waals surface area contributed by atoms with Crippen LogP contribution in [0.4, 0.5) is 0 Å². The number of aliphatic hydroxyl groups is 1. The van der Waals surface area contributed by atoms with Crippen LogP contribution in [0, 0.1) is 0 Å². The van der Waals surface area contributed by atoms with Crippen LogP contribution >= 0.6 is 0 Å². The zero-order valence-electron chi connectivity index (χ0n) is 12.4. The number of rotatable bonds is 7. The number of benzene rings is 1. The highest BCUT2D eigenvalue weighted by Gasteiger charge is 2.27. The second kappa shape index (κ2) is 6.70. The Hall–Kier alpha value is -2.21. The van der Waals surface area contributed by atoms with E-state index in [9.17, 15) is 9.90 Å². The first-order chi connectivity index (χ1) is 10.8. The van der Waals surface area contributed by atoms with Crippen LogP contribution in [0.25, 0.3) is 0 Å². The van der Waals surface area contributed by atoms with E-state index in [1.807, 2.05) is 36.5 Å². The van der Waals surface area contributed by atoms with Gasteiger partial charge in [-0.1, -0.05) is 35.5 Å². The van der Waals surface area contributed by atoms with Crippen LogP contribution in [0.15, 0.2) is 36.5 Å². The summed E-state index contributed by atoms with van der Waals surface area (Å²) in [6, 6.07) is 9.76. The minimum atomic E-state index is -0.0647. The van der Waals surface area contributed by atoms with Crippen molar-refractivity contribution in [3.63, 3.8) is 0 Å². The van der Waals surface area contributed by atoms with Gasteiger partial charge in [0.2, 0.25) is 5.91 Å². The topological polar surface area (TPSA) is 71.2 Å². The lowest BCUT2D eigenvalue weighted by Crippen LogP contribution is -2.35. The molecule has 1 aromatic carbocycles. The molecule has 1 saturated carbocycles. The van der Waals surface area contributed by atoms with E-state index < -0.39 is 0 Å². The fraction of sp³-hybridized carbons (Fsp3) is 0.438. The van der Waals surface area contributed by atoms with Crippen molar-refractivity contribution in [2.75, 3.05) is 13.2 Å². The summed E-state index contributed by atoms with van der Waals surface area (Å²) in [5.41, 5.74) is 2.02. The molecule has 1 heterocycles. The molecule has 1 amide bonds. The minimum absolute atomic E-state index is 0.0523. The Morgan fingerprint density at radius 2 is 2.09 bits per heavy atom. The standard InChI is InChI=1S/C16H20N4O2/c21-9-8-19(10-13-4-2-1-3-5-13)16(22)12-20-11-15(17-18-20)14-6-7-14/h1-5,11,14,21H,6-10,12H2. The van der Waals surface area contributed by atoms with Crippen LogP contribution < -0.4 is 0 Å². The fourth-order valence-corrected chi connectivity index (χ4v) is 2.41. The van der Waals surface area contributed by atoms with Crippen molar-refractivity contribution in [3.8, 4) is 0 Å². The maximum atomic E-state index is 12.4. The molecule has 1 aliphatic rings. The summed E-state index contributed by atoms with van der Waals surface area (Å²) in [6.45, 7) is 0.915. The zero-order chi connectivity index (χ0) is 15.4. The molecular formula is C16H20N4O2. The lowest BCUT2D eigenvalue weighted by molar-refractivity contribution is -0.133. The van der Waals surface area contributed by atoms with Crippen LogP contribution in [0.2, 0.25) is 0 Å². The van der Waals surface area contributed by atoms with E-state index in [2.05, 4.69) is 10.3 Å². The Labute approximate surface area is 129 Å². The zero-order valence-corrected chi connectivity index (χ0v) is 12.4. The molecule has 0 saturated heterocycles. The average Bonchev–Trinajstić information content (AvgIpc) is 3.28. The summed E-state index contributed by atoms with van der Waals surface area (Å²) in [4.78, 5) is 14.1. The monoisotopic (exact) mass is 300 g/mol. The molecule has 1 aliphatic carbocycles. The highest BCUT2D eigenvalue weighted by Crippen LogP contribution is 2.38. The third kappa shape index (κ3) is 3.71. The first kappa shape index (κ1) is 14.7. The number of aliphatic hydroxyl groups excluding tert-OH is 1. The highest BCUT2D eigenvalue weighted by molar-refractivity contribution is 5.75. The Morgan fingerprint density at radius 3 is 2.77 bits per heavy atom. The van der Waals surface area contributed by atoms with Gasteiger partial charge in [0, 0.05) is 25.2 Å². The molecule has 116 valence electrons. The molecule has 0 unspecified atom stereocenters. The van der Waals surface area contributed by atoms with E-state index in [1.54, 1.807) is 9.58 Å². The van der Waals surface area contributed by atoms with Crippen molar-refractivity contribution in [1.29, 1.82) is 0 Å². The third-order valence-electron chi connectivity index (χ3n) is 3.79. The summed E-state index contributed by atoms with van der Waals surface area (Å²) in [5, 5.41) is 17.3. The Bertz CT molecular complexity index is 622. The molecular weight excluding hydrogens is 280 g/mol. The lowest BCUT2D eigenvalue weighted by atomic mass is 10.2. The van der Waals surface area contributed by atoms with Gasteiger partial charge >= 0.3 is 0 Å². The first-order valence-electron chi connectivity index (χ1n) is 7.59. The summed E-state index contributed by atoms with van der Waals surface area (Å²) in [7, 11) is 0. The average molecular weight is 300 g/mol. The molecule has 0 spiro atoms. The fourth-order valence-electron chi connectivity index (χ4n) is 2.41. The van der Waals surface area contributed by atoms with Crippen molar-refractivity contribution in [1.82, 2.24) is 19.9 Å². The van der Waals surface area contributed by atoms with Crippen molar-refractivity contribution in [3.05, 3.63) is 47.8 Å². The normalized spacial score (nSPS) is 14.0. The van der Waals surface area contributed by atoms with Crippen molar-refractivity contribution < 1.29 is 9.90 Å². The number of aromatic nitrogens is 3. The second-order valence-electron chi connectivity index (χ2n) is 5.64. The van der Waals surface area contributed by atoms with Gasteiger partial charge in [-0.2, -0.15) is 0 Å². The van der Waals surface area contributed by atoms with Gasteiger partial charge in [0.15, 0.2) is 0 Å². The van der Waals surface area contributed by atoms with E-state index in [1.165, 1.54) is 0 Å². The number of hydrogen-bond acceptors (Lipinski definition) is 4. The third-order valence-corrected chi connectivity index (χ3v) is 3.79. The lowest BCUT2D eigenvalue weighted by Gasteiger charge is -2.21. The molecule has 6 nitrogen and oxygen atoms in total. The molecule has 6 heteroatoms. The van der Waals surface area contributed by atoms with Crippen LogP contribution in [0.3, 0.4) is 0 Å². The molecule has 1 aromatic heterocycles. The number of carbonyl (C=O) groups is 1.